The average molecular weight is 262 g/mol. The number of hydrogen-bond acceptors (Lipinski definition) is 4. The molecule has 0 spiro atoms. The van der Waals surface area contributed by atoms with Crippen LogP contribution in [0, 0.1) is 11.8 Å². The van der Waals surface area contributed by atoms with E-state index in [4.69, 9.17) is 5.73 Å². The van der Waals surface area contributed by atoms with Gasteiger partial charge in [-0.3, -0.25) is 0 Å². The Morgan fingerprint density at radius 2 is 2.11 bits per heavy atom. The lowest BCUT2D eigenvalue weighted by Crippen LogP contribution is -2.25. The Hall–Kier alpha value is -1.32. The SMILES string of the molecule is CCCc1c(N)ncnc1NCC1CCCCC1C. The molecule has 4 nitrogen and oxygen atoms in total. The molecule has 1 aromatic rings. The van der Waals surface area contributed by atoms with E-state index in [0.29, 0.717) is 5.82 Å². The first kappa shape index (κ1) is 14.1. The summed E-state index contributed by atoms with van der Waals surface area (Å²) in [7, 11) is 0. The molecule has 106 valence electrons. The van der Waals surface area contributed by atoms with Gasteiger partial charge in [-0.25, -0.2) is 9.97 Å². The molecule has 0 bridgehead atoms. The van der Waals surface area contributed by atoms with Crippen molar-refractivity contribution in [1.29, 1.82) is 0 Å². The van der Waals surface area contributed by atoms with Crippen molar-refractivity contribution < 1.29 is 0 Å². The predicted molar refractivity (Wildman–Crippen MR) is 80.1 cm³/mol. The van der Waals surface area contributed by atoms with Gasteiger partial charge in [0.2, 0.25) is 0 Å². The van der Waals surface area contributed by atoms with Gasteiger partial charge in [0.15, 0.2) is 0 Å². The number of anilines is 2. The van der Waals surface area contributed by atoms with Gasteiger partial charge in [-0.2, -0.15) is 0 Å². The minimum Gasteiger partial charge on any atom is -0.383 e. The van der Waals surface area contributed by atoms with Crippen molar-refractivity contribution in [3.63, 3.8) is 0 Å². The van der Waals surface area contributed by atoms with Gasteiger partial charge in [-0.05, 0) is 24.7 Å². The normalized spacial score (nSPS) is 23.3. The molecule has 3 N–H and O–H groups in total. The number of aromatic nitrogens is 2. The summed E-state index contributed by atoms with van der Waals surface area (Å²) < 4.78 is 0. The van der Waals surface area contributed by atoms with Crippen molar-refractivity contribution in [2.45, 2.75) is 52.4 Å². The first-order chi connectivity index (χ1) is 9.22. The summed E-state index contributed by atoms with van der Waals surface area (Å²) in [5.74, 6) is 3.14. The van der Waals surface area contributed by atoms with Gasteiger partial charge in [-0.1, -0.05) is 39.5 Å². The van der Waals surface area contributed by atoms with Gasteiger partial charge in [0.25, 0.3) is 0 Å². The minimum atomic E-state index is 0.621. The van der Waals surface area contributed by atoms with Crippen LogP contribution in [-0.4, -0.2) is 16.5 Å². The molecule has 2 atom stereocenters. The van der Waals surface area contributed by atoms with E-state index in [1.807, 2.05) is 0 Å². The van der Waals surface area contributed by atoms with Crippen molar-refractivity contribution in [1.82, 2.24) is 9.97 Å². The Labute approximate surface area is 116 Å². The number of nitrogens with two attached hydrogens (primary N) is 1. The Bertz CT molecular complexity index is 405. The third kappa shape index (κ3) is 3.58. The van der Waals surface area contributed by atoms with Crippen LogP contribution in [0.4, 0.5) is 11.6 Å². The molecule has 19 heavy (non-hydrogen) atoms. The maximum atomic E-state index is 5.95. The van der Waals surface area contributed by atoms with Gasteiger partial charge in [0.1, 0.15) is 18.0 Å². The lowest BCUT2D eigenvalue weighted by Gasteiger charge is -2.29. The maximum absolute atomic E-state index is 5.95. The Morgan fingerprint density at radius 1 is 1.32 bits per heavy atom. The van der Waals surface area contributed by atoms with Crippen molar-refractivity contribution in [3.8, 4) is 0 Å². The smallest absolute Gasteiger partial charge is 0.134 e. The topological polar surface area (TPSA) is 63.8 Å². The van der Waals surface area contributed by atoms with Crippen LogP contribution in [0.1, 0.15) is 51.5 Å². The third-order valence-electron chi connectivity index (χ3n) is 4.30. The Morgan fingerprint density at radius 3 is 2.84 bits per heavy atom. The molecule has 1 aromatic heterocycles. The Kier molecular flexibility index (Phi) is 5.00. The second-order valence-electron chi connectivity index (χ2n) is 5.74. The van der Waals surface area contributed by atoms with E-state index in [1.165, 1.54) is 25.7 Å². The summed E-state index contributed by atoms with van der Waals surface area (Å²) in [5, 5.41) is 3.51. The lowest BCUT2D eigenvalue weighted by molar-refractivity contribution is 0.268. The van der Waals surface area contributed by atoms with Gasteiger partial charge in [0, 0.05) is 12.1 Å². The molecular weight excluding hydrogens is 236 g/mol. The summed E-state index contributed by atoms with van der Waals surface area (Å²) in [6, 6.07) is 0. The second-order valence-corrected chi connectivity index (χ2v) is 5.74. The van der Waals surface area contributed by atoms with Crippen molar-refractivity contribution in [2.24, 2.45) is 11.8 Å². The van der Waals surface area contributed by atoms with E-state index in [2.05, 4.69) is 29.1 Å². The molecule has 0 aliphatic heterocycles. The number of hydrogen-bond donors (Lipinski definition) is 2. The molecular formula is C15H26N4. The molecule has 1 saturated carbocycles. The summed E-state index contributed by atoms with van der Waals surface area (Å²) in [6.07, 6.45) is 9.00. The van der Waals surface area contributed by atoms with E-state index in [0.717, 1.165) is 42.6 Å². The number of rotatable bonds is 5. The van der Waals surface area contributed by atoms with Gasteiger partial charge >= 0.3 is 0 Å². The summed E-state index contributed by atoms with van der Waals surface area (Å²) >= 11 is 0. The van der Waals surface area contributed by atoms with E-state index in [-0.39, 0.29) is 0 Å². The quantitative estimate of drug-likeness (QED) is 0.855. The highest BCUT2D eigenvalue weighted by Gasteiger charge is 2.21. The Balaban J connectivity index is 2.00. The number of nitrogen functional groups attached to an aromatic ring is 1. The zero-order chi connectivity index (χ0) is 13.7. The molecule has 2 rings (SSSR count). The highest BCUT2D eigenvalue weighted by Crippen LogP contribution is 2.30. The summed E-state index contributed by atoms with van der Waals surface area (Å²) in [5.41, 5.74) is 7.03. The molecule has 1 fully saturated rings. The second kappa shape index (κ2) is 6.73. The standard InChI is InChI=1S/C15H26N4/c1-3-6-13-14(16)18-10-19-15(13)17-9-12-8-5-4-7-11(12)2/h10-12H,3-9H2,1-2H3,(H3,16,17,18,19). The van der Waals surface area contributed by atoms with Crippen molar-refractivity contribution in [2.75, 3.05) is 17.6 Å². The van der Waals surface area contributed by atoms with Crippen LogP contribution in [0.2, 0.25) is 0 Å². The van der Waals surface area contributed by atoms with E-state index >= 15 is 0 Å². The fourth-order valence-electron chi connectivity index (χ4n) is 3.00. The van der Waals surface area contributed by atoms with E-state index < -0.39 is 0 Å². The molecule has 2 unspecified atom stereocenters. The largest absolute Gasteiger partial charge is 0.383 e. The summed E-state index contributed by atoms with van der Waals surface area (Å²) in [6.45, 7) is 5.53. The molecule has 0 radical (unpaired) electrons. The van der Waals surface area contributed by atoms with Gasteiger partial charge < -0.3 is 11.1 Å². The lowest BCUT2D eigenvalue weighted by atomic mass is 9.80. The van der Waals surface area contributed by atoms with E-state index in [1.54, 1.807) is 6.33 Å². The first-order valence-corrected chi connectivity index (χ1v) is 7.55. The molecule has 4 heteroatoms. The average Bonchev–Trinajstić information content (AvgIpc) is 2.41. The van der Waals surface area contributed by atoms with Crippen LogP contribution in [-0.2, 0) is 6.42 Å². The molecule has 1 aliphatic carbocycles. The van der Waals surface area contributed by atoms with Crippen molar-refractivity contribution in [3.05, 3.63) is 11.9 Å². The van der Waals surface area contributed by atoms with Crippen LogP contribution in [0.3, 0.4) is 0 Å². The first-order valence-electron chi connectivity index (χ1n) is 7.55. The number of nitrogens with one attached hydrogen (secondary N) is 1. The van der Waals surface area contributed by atoms with Crippen LogP contribution < -0.4 is 11.1 Å². The highest BCUT2D eigenvalue weighted by molar-refractivity contribution is 5.54. The maximum Gasteiger partial charge on any atom is 0.134 e. The number of nitrogens with zero attached hydrogens (tertiary/aromatic N) is 2. The third-order valence-corrected chi connectivity index (χ3v) is 4.30. The highest BCUT2D eigenvalue weighted by atomic mass is 15.0. The van der Waals surface area contributed by atoms with E-state index in [9.17, 15) is 0 Å². The van der Waals surface area contributed by atoms with Crippen LogP contribution in [0.5, 0.6) is 0 Å². The molecule has 0 amide bonds. The van der Waals surface area contributed by atoms with Crippen LogP contribution in [0.15, 0.2) is 6.33 Å². The molecule has 0 saturated heterocycles. The monoisotopic (exact) mass is 262 g/mol. The zero-order valence-corrected chi connectivity index (χ0v) is 12.2. The van der Waals surface area contributed by atoms with Gasteiger partial charge in [-0.15, -0.1) is 0 Å². The fourth-order valence-corrected chi connectivity index (χ4v) is 3.00. The predicted octanol–water partition coefficient (Wildman–Crippen LogP) is 3.25. The zero-order valence-electron chi connectivity index (χ0n) is 12.2. The summed E-state index contributed by atoms with van der Waals surface area (Å²) in [4.78, 5) is 8.46. The van der Waals surface area contributed by atoms with Crippen molar-refractivity contribution >= 4 is 11.6 Å². The van der Waals surface area contributed by atoms with Crippen LogP contribution >= 0.6 is 0 Å². The molecule has 0 aromatic carbocycles. The van der Waals surface area contributed by atoms with Crippen LogP contribution in [0.25, 0.3) is 0 Å². The molecule has 1 heterocycles. The fraction of sp³-hybridized carbons (Fsp3) is 0.733. The minimum absolute atomic E-state index is 0.621. The van der Waals surface area contributed by atoms with Gasteiger partial charge in [0.05, 0.1) is 0 Å². The molecule has 1 aliphatic rings.